The molecule has 0 aromatic carbocycles. The Morgan fingerprint density at radius 3 is 2.79 bits per heavy atom. The standard InChI is InChI=1S/C23H31NO5/c1-21-8-6-15(25)12-14(21)4-5-16-17-7-9-23(20(27)28,24-10-3-11-29-24)22(17,2)13-18(26)19(16)21/h6,8,12,16-19,26H,3-5,7,9-11,13H2,1-2H3,(H,27,28)/t16-,17-,18-,19+,21-,22-,23-/m0/s1. The van der Waals surface area contributed by atoms with Crippen LogP contribution in [0.2, 0.25) is 0 Å². The molecule has 0 amide bonds. The molecule has 4 fully saturated rings. The first-order valence-electron chi connectivity index (χ1n) is 11.0. The number of hydroxylamine groups is 2. The van der Waals surface area contributed by atoms with Crippen LogP contribution in [-0.4, -0.2) is 51.8 Å². The Kier molecular flexibility index (Phi) is 4.20. The van der Waals surface area contributed by atoms with Crippen LogP contribution >= 0.6 is 0 Å². The number of hydrogen-bond donors (Lipinski definition) is 2. The molecule has 0 unspecified atom stereocenters. The van der Waals surface area contributed by atoms with Gasteiger partial charge in [-0.1, -0.05) is 25.5 Å². The molecule has 7 atom stereocenters. The third-order valence-electron chi connectivity index (χ3n) is 9.18. The zero-order valence-corrected chi connectivity index (χ0v) is 17.3. The van der Waals surface area contributed by atoms with Gasteiger partial charge >= 0.3 is 5.97 Å². The molecule has 1 heterocycles. The first-order chi connectivity index (χ1) is 13.7. The van der Waals surface area contributed by atoms with E-state index in [2.05, 4.69) is 13.8 Å². The summed E-state index contributed by atoms with van der Waals surface area (Å²) in [7, 11) is 0. The van der Waals surface area contributed by atoms with E-state index in [-0.39, 0.29) is 29.0 Å². The van der Waals surface area contributed by atoms with Crippen molar-refractivity contribution < 1.29 is 24.6 Å². The number of aliphatic hydroxyl groups is 1. The van der Waals surface area contributed by atoms with Gasteiger partial charge in [0.25, 0.3) is 0 Å². The van der Waals surface area contributed by atoms with Crippen molar-refractivity contribution in [2.24, 2.45) is 28.6 Å². The van der Waals surface area contributed by atoms with Gasteiger partial charge in [-0.15, -0.1) is 0 Å². The monoisotopic (exact) mass is 401 g/mol. The van der Waals surface area contributed by atoms with Gasteiger partial charge in [0, 0.05) is 23.3 Å². The molecular formula is C23H31NO5. The highest BCUT2D eigenvalue weighted by Gasteiger charge is 2.71. The molecule has 1 aliphatic heterocycles. The van der Waals surface area contributed by atoms with Crippen molar-refractivity contribution >= 4 is 11.8 Å². The van der Waals surface area contributed by atoms with E-state index in [0.29, 0.717) is 26.0 Å². The summed E-state index contributed by atoms with van der Waals surface area (Å²) in [4.78, 5) is 30.5. The predicted molar refractivity (Wildman–Crippen MR) is 106 cm³/mol. The van der Waals surface area contributed by atoms with Gasteiger partial charge in [0.05, 0.1) is 12.7 Å². The number of fused-ring (bicyclic) bond motifs is 5. The van der Waals surface area contributed by atoms with E-state index < -0.39 is 23.0 Å². The minimum atomic E-state index is -1.07. The summed E-state index contributed by atoms with van der Waals surface area (Å²) in [6.45, 7) is 5.42. The number of nitrogens with zero attached hydrogens (tertiary/aromatic N) is 1. The lowest BCUT2D eigenvalue weighted by atomic mass is 9.46. The molecular weight excluding hydrogens is 370 g/mol. The molecule has 29 heavy (non-hydrogen) atoms. The van der Waals surface area contributed by atoms with Crippen LogP contribution in [0.25, 0.3) is 0 Å². The molecule has 158 valence electrons. The van der Waals surface area contributed by atoms with Crippen LogP contribution in [0.1, 0.15) is 52.4 Å². The van der Waals surface area contributed by atoms with E-state index in [0.717, 1.165) is 31.3 Å². The van der Waals surface area contributed by atoms with Crippen molar-refractivity contribution in [1.29, 1.82) is 0 Å². The molecule has 0 spiro atoms. The van der Waals surface area contributed by atoms with Gasteiger partial charge in [-0.2, -0.15) is 5.06 Å². The molecule has 0 aromatic rings. The lowest BCUT2D eigenvalue weighted by molar-refractivity contribution is -0.241. The maximum absolute atomic E-state index is 12.7. The van der Waals surface area contributed by atoms with E-state index in [4.69, 9.17) is 4.84 Å². The third kappa shape index (κ3) is 2.34. The van der Waals surface area contributed by atoms with Crippen LogP contribution in [0.15, 0.2) is 23.8 Å². The molecule has 6 heteroatoms. The van der Waals surface area contributed by atoms with Gasteiger partial charge in [0.1, 0.15) is 5.54 Å². The minimum absolute atomic E-state index is 0.0222. The Bertz CT molecular complexity index is 814. The Labute approximate surface area is 171 Å². The van der Waals surface area contributed by atoms with E-state index in [9.17, 15) is 19.8 Å². The van der Waals surface area contributed by atoms with Gasteiger partial charge < -0.3 is 10.2 Å². The largest absolute Gasteiger partial charge is 0.480 e. The maximum Gasteiger partial charge on any atom is 0.327 e. The SMILES string of the molecule is C[C@]12C=CC(=O)C=C1CC[C@@H]1[C@@H]2[C@@H](O)C[C@@]2(C)[C@H]1CC[C@@]2(C(=O)O)N1CCCO1. The number of carboxylic acids is 1. The number of carbonyl (C=O) groups is 2. The normalized spacial score (nSPS) is 49.3. The summed E-state index contributed by atoms with van der Waals surface area (Å²) in [6.07, 6.45) is 9.23. The number of rotatable bonds is 2. The second-order valence-electron chi connectivity index (χ2n) is 10.2. The smallest absolute Gasteiger partial charge is 0.327 e. The molecule has 0 bridgehead atoms. The second kappa shape index (κ2) is 6.25. The van der Waals surface area contributed by atoms with Crippen molar-refractivity contribution in [3.8, 4) is 0 Å². The van der Waals surface area contributed by atoms with Gasteiger partial charge in [0.2, 0.25) is 0 Å². The zero-order chi connectivity index (χ0) is 20.6. The van der Waals surface area contributed by atoms with E-state index in [1.807, 2.05) is 6.08 Å². The van der Waals surface area contributed by atoms with Crippen LogP contribution < -0.4 is 0 Å². The number of allylic oxidation sites excluding steroid dienone is 4. The fourth-order valence-corrected chi connectivity index (χ4v) is 7.95. The molecule has 4 aliphatic carbocycles. The Morgan fingerprint density at radius 1 is 1.31 bits per heavy atom. The number of hydrogen-bond acceptors (Lipinski definition) is 5. The Balaban J connectivity index is 1.56. The van der Waals surface area contributed by atoms with Crippen molar-refractivity contribution in [3.63, 3.8) is 0 Å². The second-order valence-corrected chi connectivity index (χ2v) is 10.2. The van der Waals surface area contributed by atoms with Gasteiger partial charge in [-0.3, -0.25) is 14.4 Å². The Morgan fingerprint density at radius 2 is 2.10 bits per heavy atom. The van der Waals surface area contributed by atoms with Gasteiger partial charge in [-0.05, 0) is 62.5 Å². The van der Waals surface area contributed by atoms with Crippen molar-refractivity contribution in [2.45, 2.75) is 64.0 Å². The average molecular weight is 402 g/mol. The number of aliphatic hydroxyl groups excluding tert-OH is 1. The van der Waals surface area contributed by atoms with E-state index >= 15 is 0 Å². The van der Waals surface area contributed by atoms with Gasteiger partial charge in [-0.25, -0.2) is 0 Å². The fraction of sp³-hybridized carbons (Fsp3) is 0.739. The minimum Gasteiger partial charge on any atom is -0.480 e. The lowest BCUT2D eigenvalue weighted by Crippen LogP contribution is -2.66. The highest BCUT2D eigenvalue weighted by Crippen LogP contribution is 2.68. The van der Waals surface area contributed by atoms with Crippen molar-refractivity contribution in [2.75, 3.05) is 13.2 Å². The number of ketones is 1. The molecule has 0 aromatic heterocycles. The number of carboxylic acid groups (broad SMARTS) is 1. The number of aliphatic carboxylic acids is 1. The van der Waals surface area contributed by atoms with E-state index in [1.54, 1.807) is 17.2 Å². The molecule has 1 saturated heterocycles. The predicted octanol–water partition coefficient (Wildman–Crippen LogP) is 2.73. The van der Waals surface area contributed by atoms with Crippen LogP contribution in [0, 0.1) is 28.6 Å². The summed E-state index contributed by atoms with van der Waals surface area (Å²) < 4.78 is 0. The van der Waals surface area contributed by atoms with Crippen LogP contribution in [0.5, 0.6) is 0 Å². The first kappa shape index (κ1) is 19.5. The number of carbonyl (C=O) groups excluding carboxylic acids is 1. The molecule has 0 radical (unpaired) electrons. The molecule has 6 nitrogen and oxygen atoms in total. The van der Waals surface area contributed by atoms with Crippen LogP contribution in [0.4, 0.5) is 0 Å². The van der Waals surface area contributed by atoms with Crippen LogP contribution in [-0.2, 0) is 14.4 Å². The quantitative estimate of drug-likeness (QED) is 0.740. The highest BCUT2D eigenvalue weighted by molar-refractivity contribution is 6.01. The molecule has 3 saturated carbocycles. The molecule has 5 aliphatic rings. The van der Waals surface area contributed by atoms with Crippen molar-refractivity contribution in [3.05, 3.63) is 23.8 Å². The third-order valence-corrected chi connectivity index (χ3v) is 9.18. The lowest BCUT2D eigenvalue weighted by Gasteiger charge is -2.60. The summed E-state index contributed by atoms with van der Waals surface area (Å²) in [5.41, 5.74) is -0.819. The Hall–Kier alpha value is -1.50. The van der Waals surface area contributed by atoms with Crippen molar-refractivity contribution in [1.82, 2.24) is 5.06 Å². The average Bonchev–Trinajstić information content (AvgIpc) is 3.28. The summed E-state index contributed by atoms with van der Waals surface area (Å²) >= 11 is 0. The zero-order valence-electron chi connectivity index (χ0n) is 17.3. The highest BCUT2D eigenvalue weighted by atomic mass is 16.7. The topological polar surface area (TPSA) is 87.1 Å². The summed E-state index contributed by atoms with van der Waals surface area (Å²) in [5.74, 6) is -0.300. The summed E-state index contributed by atoms with van der Waals surface area (Å²) in [6, 6.07) is 0. The van der Waals surface area contributed by atoms with Crippen LogP contribution in [0.3, 0.4) is 0 Å². The van der Waals surface area contributed by atoms with Gasteiger partial charge in [0.15, 0.2) is 5.78 Å². The first-order valence-corrected chi connectivity index (χ1v) is 11.0. The maximum atomic E-state index is 12.7. The van der Waals surface area contributed by atoms with E-state index in [1.165, 1.54) is 0 Å². The molecule has 2 N–H and O–H groups in total. The summed E-state index contributed by atoms with van der Waals surface area (Å²) in [5, 5.41) is 23.6. The fourth-order valence-electron chi connectivity index (χ4n) is 7.95. The molecule has 5 rings (SSSR count).